The first kappa shape index (κ1) is 57.8. The van der Waals surface area contributed by atoms with E-state index in [4.69, 9.17) is 9.47 Å². The monoisotopic (exact) mass is 847 g/mol. The van der Waals surface area contributed by atoms with Gasteiger partial charge in [0.05, 0.1) is 6.61 Å². The van der Waals surface area contributed by atoms with E-state index in [1.165, 1.54) is 109 Å². The van der Waals surface area contributed by atoms with Crippen molar-refractivity contribution in [3.63, 3.8) is 0 Å². The SMILES string of the molecule is CC/C=C\C/C=C\C/C=C\C/C=C\C/C=C\C/C=C\C/C=C\C/C=C\CCCCC(=O)OC(CO)COC(=O)CCCCCCCCCCCCCCCCCCCCCC. The average Bonchev–Trinajstić information content (AvgIpc) is 3.26. The third-order valence-corrected chi connectivity index (χ3v) is 10.6. The number of hydrogen-bond acceptors (Lipinski definition) is 5. The molecule has 0 amide bonds. The van der Waals surface area contributed by atoms with Gasteiger partial charge in [0.2, 0.25) is 0 Å². The summed E-state index contributed by atoms with van der Waals surface area (Å²) >= 11 is 0. The summed E-state index contributed by atoms with van der Waals surface area (Å²) in [5.74, 6) is -0.641. The largest absolute Gasteiger partial charge is 0.462 e. The normalized spacial score (nSPS) is 13.0. The van der Waals surface area contributed by atoms with Gasteiger partial charge in [0.1, 0.15) is 6.61 Å². The van der Waals surface area contributed by atoms with Crippen molar-refractivity contribution in [1.29, 1.82) is 0 Å². The summed E-state index contributed by atoms with van der Waals surface area (Å²) < 4.78 is 10.6. The molecule has 0 aliphatic heterocycles. The van der Waals surface area contributed by atoms with Crippen molar-refractivity contribution < 1.29 is 24.2 Å². The van der Waals surface area contributed by atoms with E-state index in [9.17, 15) is 14.7 Å². The lowest BCUT2D eigenvalue weighted by atomic mass is 10.0. The molecule has 0 saturated carbocycles. The molecule has 0 heterocycles. The number of esters is 2. The Morgan fingerprint density at radius 2 is 0.705 bits per heavy atom. The van der Waals surface area contributed by atoms with Crippen LogP contribution in [0.15, 0.2) is 97.2 Å². The molecule has 0 fully saturated rings. The molecular weight excluding hydrogens is 753 g/mol. The molecular formula is C56H94O5. The Bertz CT molecular complexity index is 1190. The first-order chi connectivity index (χ1) is 30.1. The first-order valence-corrected chi connectivity index (χ1v) is 25.3. The summed E-state index contributed by atoms with van der Waals surface area (Å²) in [7, 11) is 0. The van der Waals surface area contributed by atoms with Gasteiger partial charge in [-0.3, -0.25) is 9.59 Å². The Kier molecular flexibility index (Phi) is 48.5. The minimum atomic E-state index is -0.800. The van der Waals surface area contributed by atoms with Crippen LogP contribution in [0.2, 0.25) is 0 Å². The van der Waals surface area contributed by atoms with Gasteiger partial charge in [-0.05, 0) is 77.0 Å². The average molecular weight is 847 g/mol. The van der Waals surface area contributed by atoms with Crippen LogP contribution in [0.25, 0.3) is 0 Å². The Hall–Kier alpha value is -3.18. The van der Waals surface area contributed by atoms with E-state index < -0.39 is 6.10 Å². The number of ether oxygens (including phenoxy) is 2. The van der Waals surface area contributed by atoms with Gasteiger partial charge in [0, 0.05) is 12.8 Å². The molecule has 0 radical (unpaired) electrons. The maximum absolute atomic E-state index is 12.2. The zero-order chi connectivity index (χ0) is 44.2. The van der Waals surface area contributed by atoms with Crippen LogP contribution in [0.1, 0.15) is 226 Å². The van der Waals surface area contributed by atoms with Crippen molar-refractivity contribution in [1.82, 2.24) is 0 Å². The Morgan fingerprint density at radius 1 is 0.393 bits per heavy atom. The molecule has 0 aliphatic rings. The standard InChI is InChI=1S/C56H94O5/c1-3-5-7-9-11-13-15-17-19-21-23-25-26-27-28-29-30-31-33-35-37-39-41-43-45-47-49-51-56(59)61-54(52-57)53-60-55(58)50-48-46-44-42-40-38-36-34-32-24-22-20-18-16-14-12-10-8-6-4-2/h5,7,11,13,17,19,23,25,27-28,30-31,35,37,41,43,54,57H,3-4,6,8-10,12,14-16,18,20-22,24,26,29,32-34,36,38-40,42,44-53H2,1-2H3/b7-5-,13-11-,19-17-,25-23-,28-27-,31-30-,37-35-,43-41-. The zero-order valence-electron chi connectivity index (χ0n) is 39.6. The maximum atomic E-state index is 12.2. The van der Waals surface area contributed by atoms with Gasteiger partial charge in [-0.1, -0.05) is 233 Å². The highest BCUT2D eigenvalue weighted by Gasteiger charge is 2.16. The van der Waals surface area contributed by atoms with E-state index in [2.05, 4.69) is 111 Å². The second kappa shape index (κ2) is 51.2. The van der Waals surface area contributed by atoms with E-state index in [1.807, 2.05) is 0 Å². The summed E-state index contributed by atoms with van der Waals surface area (Å²) in [5, 5.41) is 9.62. The number of rotatable bonds is 45. The number of carbonyl (C=O) groups is 2. The molecule has 61 heavy (non-hydrogen) atoms. The van der Waals surface area contributed by atoms with Crippen LogP contribution >= 0.6 is 0 Å². The van der Waals surface area contributed by atoms with Crippen LogP contribution in [0.5, 0.6) is 0 Å². The smallest absolute Gasteiger partial charge is 0.306 e. The fraction of sp³-hybridized carbons (Fsp3) is 0.679. The Balaban J connectivity index is 3.64. The van der Waals surface area contributed by atoms with Crippen molar-refractivity contribution in [2.24, 2.45) is 0 Å². The minimum Gasteiger partial charge on any atom is -0.462 e. The van der Waals surface area contributed by atoms with Gasteiger partial charge in [0.15, 0.2) is 6.10 Å². The molecule has 0 aliphatic carbocycles. The van der Waals surface area contributed by atoms with E-state index >= 15 is 0 Å². The maximum Gasteiger partial charge on any atom is 0.306 e. The lowest BCUT2D eigenvalue weighted by Gasteiger charge is -2.15. The van der Waals surface area contributed by atoms with Gasteiger partial charge in [0.25, 0.3) is 0 Å². The molecule has 5 nitrogen and oxygen atoms in total. The molecule has 0 aromatic rings. The molecule has 0 bridgehead atoms. The number of aliphatic hydroxyl groups excluding tert-OH is 1. The summed E-state index contributed by atoms with van der Waals surface area (Å²) in [4.78, 5) is 24.4. The number of aliphatic hydroxyl groups is 1. The molecule has 0 spiro atoms. The lowest BCUT2D eigenvalue weighted by Crippen LogP contribution is -2.28. The van der Waals surface area contributed by atoms with Crippen LogP contribution in [0.4, 0.5) is 0 Å². The highest BCUT2D eigenvalue weighted by molar-refractivity contribution is 5.70. The van der Waals surface area contributed by atoms with E-state index in [1.54, 1.807) is 0 Å². The van der Waals surface area contributed by atoms with Crippen LogP contribution < -0.4 is 0 Å². The van der Waals surface area contributed by atoms with Crippen molar-refractivity contribution in [3.05, 3.63) is 97.2 Å². The van der Waals surface area contributed by atoms with Crippen molar-refractivity contribution in [3.8, 4) is 0 Å². The molecule has 1 N–H and O–H groups in total. The second-order valence-corrected chi connectivity index (χ2v) is 16.5. The highest BCUT2D eigenvalue weighted by Crippen LogP contribution is 2.15. The van der Waals surface area contributed by atoms with E-state index in [0.717, 1.165) is 89.9 Å². The van der Waals surface area contributed by atoms with Crippen molar-refractivity contribution in [2.45, 2.75) is 232 Å². The predicted octanol–water partition coefficient (Wildman–Crippen LogP) is 16.8. The Morgan fingerprint density at radius 3 is 1.07 bits per heavy atom. The number of carbonyl (C=O) groups excluding carboxylic acids is 2. The molecule has 348 valence electrons. The topological polar surface area (TPSA) is 72.8 Å². The summed E-state index contributed by atoms with van der Waals surface area (Å²) in [6.07, 6.45) is 72.1. The van der Waals surface area contributed by atoms with Gasteiger partial charge in [-0.2, -0.15) is 0 Å². The molecule has 0 saturated heterocycles. The van der Waals surface area contributed by atoms with E-state index in [-0.39, 0.29) is 25.2 Å². The van der Waals surface area contributed by atoms with Crippen LogP contribution in [0.3, 0.4) is 0 Å². The minimum absolute atomic E-state index is 0.0867. The molecule has 0 aromatic heterocycles. The first-order valence-electron chi connectivity index (χ1n) is 25.3. The summed E-state index contributed by atoms with van der Waals surface area (Å²) in [6, 6.07) is 0. The highest BCUT2D eigenvalue weighted by atomic mass is 16.6. The van der Waals surface area contributed by atoms with Gasteiger partial charge in [-0.15, -0.1) is 0 Å². The summed E-state index contributed by atoms with van der Waals surface area (Å²) in [5.41, 5.74) is 0. The summed E-state index contributed by atoms with van der Waals surface area (Å²) in [6.45, 7) is 4.00. The van der Waals surface area contributed by atoms with Crippen molar-refractivity contribution >= 4 is 11.9 Å². The van der Waals surface area contributed by atoms with Gasteiger partial charge < -0.3 is 14.6 Å². The number of hydrogen-bond donors (Lipinski definition) is 1. The molecule has 0 aromatic carbocycles. The Labute approximate surface area is 377 Å². The van der Waals surface area contributed by atoms with Gasteiger partial charge in [-0.25, -0.2) is 0 Å². The lowest BCUT2D eigenvalue weighted by molar-refractivity contribution is -0.161. The predicted molar refractivity (Wildman–Crippen MR) is 265 cm³/mol. The van der Waals surface area contributed by atoms with Crippen LogP contribution in [-0.4, -0.2) is 36.4 Å². The second-order valence-electron chi connectivity index (χ2n) is 16.5. The van der Waals surface area contributed by atoms with Crippen LogP contribution in [-0.2, 0) is 19.1 Å². The fourth-order valence-corrected chi connectivity index (χ4v) is 6.86. The molecule has 1 atom stereocenters. The molecule has 1 unspecified atom stereocenters. The molecule has 5 heteroatoms. The van der Waals surface area contributed by atoms with Crippen LogP contribution in [0, 0.1) is 0 Å². The van der Waals surface area contributed by atoms with Gasteiger partial charge >= 0.3 is 11.9 Å². The van der Waals surface area contributed by atoms with E-state index in [0.29, 0.717) is 12.8 Å². The third-order valence-electron chi connectivity index (χ3n) is 10.6. The quantitative estimate of drug-likeness (QED) is 0.0375. The number of unbranched alkanes of at least 4 members (excludes halogenated alkanes) is 21. The number of allylic oxidation sites excluding steroid dienone is 16. The fourth-order valence-electron chi connectivity index (χ4n) is 6.86. The third kappa shape index (κ3) is 49.4. The molecule has 0 rings (SSSR count). The zero-order valence-corrected chi connectivity index (χ0v) is 39.6. The van der Waals surface area contributed by atoms with Crippen molar-refractivity contribution in [2.75, 3.05) is 13.2 Å².